The van der Waals surface area contributed by atoms with E-state index in [9.17, 15) is 22.4 Å². The molecule has 0 aliphatic heterocycles. The first kappa shape index (κ1) is 24.2. The summed E-state index contributed by atoms with van der Waals surface area (Å²) in [5, 5.41) is 12.4. The first-order valence-corrected chi connectivity index (χ1v) is 11.2. The zero-order chi connectivity index (χ0) is 25.7. The summed E-state index contributed by atoms with van der Waals surface area (Å²) in [5.74, 6) is -1.21. The molecule has 5 rings (SSSR count). The van der Waals surface area contributed by atoms with Crippen LogP contribution in [0.25, 0.3) is 5.65 Å². The molecule has 2 fully saturated rings. The number of rotatable bonds is 7. The van der Waals surface area contributed by atoms with Crippen LogP contribution in [0, 0.1) is 5.82 Å². The fraction of sp³-hybridized carbons (Fsp3) is 0.524. The number of alkyl carbamates (subject to hydrolysis) is 1. The fourth-order valence-corrected chi connectivity index (χ4v) is 4.12. The van der Waals surface area contributed by atoms with Crippen molar-refractivity contribution in [1.29, 1.82) is 0 Å². The van der Waals surface area contributed by atoms with Crippen molar-refractivity contribution in [2.24, 2.45) is 0 Å². The van der Waals surface area contributed by atoms with Gasteiger partial charge in [0.1, 0.15) is 12.3 Å². The second kappa shape index (κ2) is 8.87. The molecule has 2 aliphatic rings. The van der Waals surface area contributed by atoms with E-state index >= 15 is 4.39 Å². The average molecular weight is 515 g/mol. The van der Waals surface area contributed by atoms with E-state index < -0.39 is 43.1 Å². The van der Waals surface area contributed by atoms with Crippen molar-refractivity contribution in [3.05, 3.63) is 35.7 Å². The van der Waals surface area contributed by atoms with E-state index in [4.69, 9.17) is 4.74 Å². The Morgan fingerprint density at radius 2 is 2.11 bits per heavy atom. The Balaban J connectivity index is 1.26. The van der Waals surface area contributed by atoms with Crippen LogP contribution in [0.15, 0.2) is 18.5 Å². The molecule has 0 aromatic carbocycles. The number of H-pyrrole nitrogens is 1. The highest BCUT2D eigenvalue weighted by molar-refractivity contribution is 5.69. The molecule has 10 nitrogen and oxygen atoms in total. The summed E-state index contributed by atoms with van der Waals surface area (Å²) in [7, 11) is 0. The number of imidazole rings is 1. The molecule has 2 saturated carbocycles. The van der Waals surface area contributed by atoms with Crippen LogP contribution >= 0.6 is 0 Å². The number of halogens is 5. The lowest BCUT2D eigenvalue weighted by Crippen LogP contribution is -2.38. The second-order valence-electron chi connectivity index (χ2n) is 9.18. The van der Waals surface area contributed by atoms with Gasteiger partial charge in [0, 0.05) is 29.4 Å². The quantitative estimate of drug-likeness (QED) is 0.403. The lowest BCUT2D eigenvalue weighted by Gasteiger charge is -2.19. The minimum absolute atomic E-state index is 0.0184. The summed E-state index contributed by atoms with van der Waals surface area (Å²) in [6, 6.07) is 1.53. The van der Waals surface area contributed by atoms with Crippen LogP contribution in [-0.2, 0) is 16.1 Å². The maximum absolute atomic E-state index is 15.1. The minimum Gasteiger partial charge on any atom is -0.443 e. The van der Waals surface area contributed by atoms with Gasteiger partial charge in [0.05, 0.1) is 18.5 Å². The molecule has 0 unspecified atom stereocenters. The van der Waals surface area contributed by atoms with Gasteiger partial charge in [-0.2, -0.15) is 5.10 Å². The predicted octanol–water partition coefficient (Wildman–Crippen LogP) is 4.23. The van der Waals surface area contributed by atoms with E-state index in [0.717, 1.165) is 29.6 Å². The van der Waals surface area contributed by atoms with Crippen LogP contribution in [0.4, 0.5) is 38.5 Å². The average Bonchev–Trinajstić information content (AvgIpc) is 3.16. The minimum atomic E-state index is -4.86. The number of aromatic amines is 1. The van der Waals surface area contributed by atoms with Crippen LogP contribution < -0.4 is 10.6 Å². The fourth-order valence-electron chi connectivity index (χ4n) is 4.12. The molecule has 3 heterocycles. The number of carbonyl (C=O) groups is 1. The molecule has 0 bridgehead atoms. The van der Waals surface area contributed by atoms with Crippen LogP contribution in [-0.4, -0.2) is 54.8 Å². The van der Waals surface area contributed by atoms with Gasteiger partial charge in [-0.25, -0.2) is 23.5 Å². The second-order valence-corrected chi connectivity index (χ2v) is 9.18. The summed E-state index contributed by atoms with van der Waals surface area (Å²) in [6.07, 6.45) is -3.36. The number of aromatic nitrogens is 5. The standard InChI is InChI=1S/C21H22F5N7O3/c1-20(4-5-20)30-19(34)36-14-3-2-11(16(14)23)13-6-15(32-31-13)29-18-27-7-12(22)17-28-10(8-33(17)18)9-35-21(24,25)26/h6-8,11,14,16H,2-5,9H2,1H3,(H,30,34)(H2,27,29,31,32)/t11-,14-,16+/m0/s1. The maximum atomic E-state index is 15.1. The van der Waals surface area contributed by atoms with Gasteiger partial charge in [-0.15, -0.1) is 13.2 Å². The van der Waals surface area contributed by atoms with Crippen molar-refractivity contribution in [3.8, 4) is 0 Å². The number of alkyl halides is 4. The van der Waals surface area contributed by atoms with Gasteiger partial charge in [0.2, 0.25) is 5.95 Å². The number of hydrogen-bond donors (Lipinski definition) is 3. The Kier molecular flexibility index (Phi) is 5.97. The molecule has 194 valence electrons. The van der Waals surface area contributed by atoms with Crippen molar-refractivity contribution in [2.75, 3.05) is 5.32 Å². The number of hydrogen-bond acceptors (Lipinski definition) is 7. The van der Waals surface area contributed by atoms with Crippen molar-refractivity contribution in [2.45, 2.75) is 69.3 Å². The Morgan fingerprint density at radius 1 is 1.33 bits per heavy atom. The summed E-state index contributed by atoms with van der Waals surface area (Å²) >= 11 is 0. The molecule has 15 heteroatoms. The molecule has 3 N–H and O–H groups in total. The van der Waals surface area contributed by atoms with Gasteiger partial charge in [-0.05, 0) is 32.6 Å². The van der Waals surface area contributed by atoms with Crippen LogP contribution in [0.5, 0.6) is 0 Å². The first-order valence-electron chi connectivity index (χ1n) is 11.2. The third-order valence-corrected chi connectivity index (χ3v) is 6.28. The Morgan fingerprint density at radius 3 is 2.83 bits per heavy atom. The topological polar surface area (TPSA) is 118 Å². The molecule has 3 atom stereocenters. The highest BCUT2D eigenvalue weighted by atomic mass is 19.4. The molecule has 0 saturated heterocycles. The largest absolute Gasteiger partial charge is 0.522 e. The highest BCUT2D eigenvalue weighted by Gasteiger charge is 2.43. The molecule has 3 aromatic heterocycles. The number of anilines is 2. The third-order valence-electron chi connectivity index (χ3n) is 6.28. The van der Waals surface area contributed by atoms with Crippen molar-refractivity contribution in [3.63, 3.8) is 0 Å². The van der Waals surface area contributed by atoms with E-state index in [1.807, 2.05) is 6.92 Å². The van der Waals surface area contributed by atoms with E-state index in [-0.39, 0.29) is 28.6 Å². The molecular formula is C21H22F5N7O3. The zero-order valence-electron chi connectivity index (χ0n) is 18.9. The Labute approximate surface area is 200 Å². The van der Waals surface area contributed by atoms with Gasteiger partial charge in [-0.3, -0.25) is 14.2 Å². The molecule has 0 radical (unpaired) electrons. The molecule has 1 amide bonds. The van der Waals surface area contributed by atoms with Gasteiger partial charge >= 0.3 is 12.5 Å². The normalized spacial score (nSPS) is 23.1. The number of amides is 1. The number of nitrogens with one attached hydrogen (secondary N) is 3. The predicted molar refractivity (Wildman–Crippen MR) is 114 cm³/mol. The number of ether oxygens (including phenoxy) is 2. The van der Waals surface area contributed by atoms with E-state index in [1.54, 1.807) is 0 Å². The maximum Gasteiger partial charge on any atom is 0.522 e. The van der Waals surface area contributed by atoms with Crippen molar-refractivity contribution in [1.82, 2.24) is 29.9 Å². The summed E-state index contributed by atoms with van der Waals surface area (Å²) in [6.45, 7) is 0.985. The molecule has 36 heavy (non-hydrogen) atoms. The summed E-state index contributed by atoms with van der Waals surface area (Å²) < 4.78 is 76.3. The van der Waals surface area contributed by atoms with Gasteiger partial charge in [-0.1, -0.05) is 0 Å². The first-order chi connectivity index (χ1) is 17.0. The SMILES string of the molecule is CC1(NC(=O)O[C@H]2CC[C@@H](c3cc(Nc4ncc(F)c5nc(COC(F)(F)F)cn45)n[nH]3)[C@H]2F)CC1. The summed E-state index contributed by atoms with van der Waals surface area (Å²) in [5.41, 5.74) is -0.246. The monoisotopic (exact) mass is 515 g/mol. The third kappa shape index (κ3) is 5.20. The smallest absolute Gasteiger partial charge is 0.443 e. The van der Waals surface area contributed by atoms with Crippen LogP contribution in [0.1, 0.15) is 49.9 Å². The zero-order valence-corrected chi connectivity index (χ0v) is 18.9. The Bertz CT molecular complexity index is 1270. The van der Waals surface area contributed by atoms with Crippen molar-refractivity contribution < 1.29 is 36.2 Å². The lowest BCUT2D eigenvalue weighted by atomic mass is 10.0. The molecule has 2 aliphatic carbocycles. The van der Waals surface area contributed by atoms with E-state index in [0.29, 0.717) is 18.5 Å². The molecular weight excluding hydrogens is 493 g/mol. The number of nitrogens with zero attached hydrogens (tertiary/aromatic N) is 4. The number of carbonyl (C=O) groups excluding carboxylic acids is 1. The molecule has 0 spiro atoms. The lowest BCUT2D eigenvalue weighted by molar-refractivity contribution is -0.330. The Hall–Kier alpha value is -3.49. The van der Waals surface area contributed by atoms with Crippen LogP contribution in [0.3, 0.4) is 0 Å². The highest BCUT2D eigenvalue weighted by Crippen LogP contribution is 2.39. The van der Waals surface area contributed by atoms with Crippen molar-refractivity contribution >= 4 is 23.5 Å². The van der Waals surface area contributed by atoms with Crippen LogP contribution in [0.2, 0.25) is 0 Å². The van der Waals surface area contributed by atoms with Gasteiger partial charge in [0.25, 0.3) is 0 Å². The van der Waals surface area contributed by atoms with E-state index in [1.165, 1.54) is 6.07 Å². The van der Waals surface area contributed by atoms with Gasteiger partial charge in [0.15, 0.2) is 17.3 Å². The van der Waals surface area contributed by atoms with E-state index in [2.05, 4.69) is 35.5 Å². The summed E-state index contributed by atoms with van der Waals surface area (Å²) in [4.78, 5) is 19.8. The number of fused-ring (bicyclic) bond motifs is 1. The van der Waals surface area contributed by atoms with Gasteiger partial charge < -0.3 is 15.4 Å². The molecule has 3 aromatic rings.